The lowest BCUT2D eigenvalue weighted by Crippen LogP contribution is -2.35. The minimum absolute atomic E-state index is 0.00812. The Bertz CT molecular complexity index is 423. The molecule has 4 nitrogen and oxygen atoms in total. The number of hydrogen-bond acceptors (Lipinski definition) is 3. The van der Waals surface area contributed by atoms with Gasteiger partial charge in [-0.2, -0.15) is 0 Å². The second-order valence-corrected chi connectivity index (χ2v) is 5.04. The minimum Gasteiger partial charge on any atom is -0.472 e. The second kappa shape index (κ2) is 4.92. The molecule has 5 heteroatoms. The standard InChI is InChI=1S/C12H15ClN2O2/c1-8(13)6-9-7-15(2)12(16)10-4-3-5-14-11(10)17-9/h3-5,8-9H,6-7H2,1-2H3. The van der Waals surface area contributed by atoms with E-state index in [4.69, 9.17) is 16.3 Å². The molecular weight excluding hydrogens is 240 g/mol. The summed E-state index contributed by atoms with van der Waals surface area (Å²) in [6.07, 6.45) is 2.21. The van der Waals surface area contributed by atoms with Gasteiger partial charge in [-0.05, 0) is 19.1 Å². The number of carbonyl (C=O) groups is 1. The van der Waals surface area contributed by atoms with Crippen molar-refractivity contribution in [3.63, 3.8) is 0 Å². The van der Waals surface area contributed by atoms with Crippen molar-refractivity contribution in [1.29, 1.82) is 0 Å². The zero-order valence-electron chi connectivity index (χ0n) is 9.89. The van der Waals surface area contributed by atoms with Crippen molar-refractivity contribution in [2.75, 3.05) is 13.6 Å². The van der Waals surface area contributed by atoms with E-state index in [0.717, 1.165) is 0 Å². The van der Waals surface area contributed by atoms with Gasteiger partial charge in [0.25, 0.3) is 5.91 Å². The van der Waals surface area contributed by atoms with Crippen LogP contribution in [-0.2, 0) is 0 Å². The minimum atomic E-state index is -0.104. The Kier molecular flexibility index (Phi) is 3.52. The van der Waals surface area contributed by atoms with Gasteiger partial charge in [0.2, 0.25) is 5.88 Å². The van der Waals surface area contributed by atoms with E-state index in [-0.39, 0.29) is 17.4 Å². The third-order valence-corrected chi connectivity index (χ3v) is 2.87. The van der Waals surface area contributed by atoms with Crippen LogP contribution >= 0.6 is 11.6 Å². The predicted molar refractivity (Wildman–Crippen MR) is 65.5 cm³/mol. The lowest BCUT2D eigenvalue weighted by molar-refractivity contribution is 0.0754. The quantitative estimate of drug-likeness (QED) is 0.758. The van der Waals surface area contributed by atoms with Crippen LogP contribution in [0.4, 0.5) is 0 Å². The van der Waals surface area contributed by atoms with Gasteiger partial charge in [0.1, 0.15) is 11.7 Å². The summed E-state index contributed by atoms with van der Waals surface area (Å²) in [4.78, 5) is 17.8. The summed E-state index contributed by atoms with van der Waals surface area (Å²) in [5.41, 5.74) is 0.514. The van der Waals surface area contributed by atoms with Crippen LogP contribution in [0.3, 0.4) is 0 Å². The maximum Gasteiger partial charge on any atom is 0.259 e. The van der Waals surface area contributed by atoms with Crippen LogP contribution in [0.1, 0.15) is 23.7 Å². The highest BCUT2D eigenvalue weighted by Gasteiger charge is 2.27. The number of aromatic nitrogens is 1. The van der Waals surface area contributed by atoms with Crippen molar-refractivity contribution in [2.24, 2.45) is 0 Å². The lowest BCUT2D eigenvalue weighted by Gasteiger charge is -2.20. The number of halogens is 1. The predicted octanol–water partition coefficient (Wildman–Crippen LogP) is 1.93. The topological polar surface area (TPSA) is 42.4 Å². The number of rotatable bonds is 2. The molecule has 0 radical (unpaired) electrons. The number of carbonyl (C=O) groups excluding carboxylic acids is 1. The van der Waals surface area contributed by atoms with Gasteiger partial charge in [-0.1, -0.05) is 0 Å². The van der Waals surface area contributed by atoms with E-state index < -0.39 is 0 Å². The molecule has 2 atom stereocenters. The van der Waals surface area contributed by atoms with Crippen LogP contribution < -0.4 is 4.74 Å². The number of alkyl halides is 1. The second-order valence-electron chi connectivity index (χ2n) is 4.30. The number of fused-ring (bicyclic) bond motifs is 1. The SMILES string of the molecule is CC(Cl)CC1CN(C)C(=O)c2cccnc2O1. The largest absolute Gasteiger partial charge is 0.472 e. The first-order valence-corrected chi connectivity index (χ1v) is 6.02. The Morgan fingerprint density at radius 2 is 2.47 bits per heavy atom. The summed E-state index contributed by atoms with van der Waals surface area (Å²) < 4.78 is 5.75. The molecule has 0 bridgehead atoms. The van der Waals surface area contributed by atoms with Crippen LogP contribution in [0.15, 0.2) is 18.3 Å². The van der Waals surface area contributed by atoms with Gasteiger partial charge in [-0.25, -0.2) is 4.98 Å². The fourth-order valence-corrected chi connectivity index (χ4v) is 2.12. The van der Waals surface area contributed by atoms with Crippen molar-refractivity contribution < 1.29 is 9.53 Å². The molecule has 17 heavy (non-hydrogen) atoms. The molecule has 2 unspecified atom stereocenters. The molecule has 1 aliphatic rings. The third-order valence-electron chi connectivity index (χ3n) is 2.69. The molecule has 1 amide bonds. The molecule has 0 aliphatic carbocycles. The molecule has 0 spiro atoms. The first-order chi connectivity index (χ1) is 8.08. The first kappa shape index (κ1) is 12.2. The van der Waals surface area contributed by atoms with Gasteiger partial charge in [0.15, 0.2) is 0 Å². The summed E-state index contributed by atoms with van der Waals surface area (Å²) in [5.74, 6) is 0.349. The lowest BCUT2D eigenvalue weighted by atomic mass is 10.2. The van der Waals surface area contributed by atoms with E-state index in [9.17, 15) is 4.79 Å². The molecule has 2 rings (SSSR count). The van der Waals surface area contributed by atoms with Crippen LogP contribution in [-0.4, -0.2) is 40.9 Å². The molecular formula is C12H15ClN2O2. The van der Waals surface area contributed by atoms with Crippen molar-refractivity contribution in [1.82, 2.24) is 9.88 Å². The average molecular weight is 255 g/mol. The number of likely N-dealkylation sites (N-methyl/N-ethyl adjacent to an activating group) is 1. The van der Waals surface area contributed by atoms with Crippen LogP contribution in [0.2, 0.25) is 0 Å². The number of hydrogen-bond donors (Lipinski definition) is 0. The zero-order valence-corrected chi connectivity index (χ0v) is 10.6. The van der Waals surface area contributed by atoms with Crippen molar-refractivity contribution in [3.8, 4) is 5.88 Å². The van der Waals surface area contributed by atoms with Crippen molar-refractivity contribution in [3.05, 3.63) is 23.9 Å². The van der Waals surface area contributed by atoms with Crippen molar-refractivity contribution in [2.45, 2.75) is 24.8 Å². The Labute approximate surface area is 106 Å². The molecule has 92 valence electrons. The Hall–Kier alpha value is -1.29. The van der Waals surface area contributed by atoms with Gasteiger partial charge in [0, 0.05) is 25.0 Å². The number of pyridine rings is 1. The average Bonchev–Trinajstić information content (AvgIpc) is 2.37. The monoisotopic (exact) mass is 254 g/mol. The van der Waals surface area contributed by atoms with E-state index in [0.29, 0.717) is 24.4 Å². The molecule has 2 heterocycles. The van der Waals surface area contributed by atoms with E-state index in [2.05, 4.69) is 4.98 Å². The highest BCUT2D eigenvalue weighted by atomic mass is 35.5. The summed E-state index contributed by atoms with van der Waals surface area (Å²) in [6, 6.07) is 3.46. The van der Waals surface area contributed by atoms with Crippen LogP contribution in [0.25, 0.3) is 0 Å². The fourth-order valence-electron chi connectivity index (χ4n) is 1.92. The van der Waals surface area contributed by atoms with E-state index in [1.165, 1.54) is 0 Å². The van der Waals surface area contributed by atoms with Crippen molar-refractivity contribution >= 4 is 17.5 Å². The van der Waals surface area contributed by atoms with Crippen LogP contribution in [0, 0.1) is 0 Å². The molecule has 0 N–H and O–H groups in total. The number of ether oxygens (including phenoxy) is 1. The Morgan fingerprint density at radius 1 is 1.71 bits per heavy atom. The summed E-state index contributed by atoms with van der Waals surface area (Å²) in [7, 11) is 1.76. The van der Waals surface area contributed by atoms with Gasteiger partial charge in [-0.3, -0.25) is 4.79 Å². The number of amides is 1. The van der Waals surface area contributed by atoms with Gasteiger partial charge in [0.05, 0.1) is 6.54 Å². The maximum absolute atomic E-state index is 12.0. The first-order valence-electron chi connectivity index (χ1n) is 5.59. The molecule has 1 aliphatic heterocycles. The smallest absolute Gasteiger partial charge is 0.259 e. The van der Waals surface area contributed by atoms with Gasteiger partial charge >= 0.3 is 0 Å². The summed E-state index contributed by atoms with van der Waals surface area (Å²) >= 11 is 5.97. The molecule has 1 aromatic heterocycles. The van der Waals surface area contributed by atoms with E-state index >= 15 is 0 Å². The van der Waals surface area contributed by atoms with Gasteiger partial charge in [-0.15, -0.1) is 11.6 Å². The zero-order chi connectivity index (χ0) is 12.4. The van der Waals surface area contributed by atoms with E-state index in [1.54, 1.807) is 30.3 Å². The summed E-state index contributed by atoms with van der Waals surface area (Å²) in [6.45, 7) is 2.45. The Balaban J connectivity index is 2.29. The van der Waals surface area contributed by atoms with E-state index in [1.807, 2.05) is 6.92 Å². The number of nitrogens with zero attached hydrogens (tertiary/aromatic N) is 2. The maximum atomic E-state index is 12.0. The third kappa shape index (κ3) is 2.69. The summed E-state index contributed by atoms with van der Waals surface area (Å²) in [5, 5.41) is 0.00812. The molecule has 1 aromatic rings. The molecule has 0 saturated carbocycles. The molecule has 0 aromatic carbocycles. The fraction of sp³-hybridized carbons (Fsp3) is 0.500. The normalized spacial score (nSPS) is 21.5. The van der Waals surface area contributed by atoms with Gasteiger partial charge < -0.3 is 9.64 Å². The highest BCUT2D eigenvalue weighted by molar-refractivity contribution is 6.20. The molecule has 0 fully saturated rings. The Morgan fingerprint density at radius 3 is 3.18 bits per heavy atom. The molecule has 0 saturated heterocycles. The van der Waals surface area contributed by atoms with Crippen LogP contribution in [0.5, 0.6) is 5.88 Å². The highest BCUT2D eigenvalue weighted by Crippen LogP contribution is 2.23.